The number of carboxylic acid groups (broad SMARTS) is 1. The van der Waals surface area contributed by atoms with E-state index in [0.29, 0.717) is 0 Å². The van der Waals surface area contributed by atoms with E-state index in [0.717, 1.165) is 4.90 Å². The summed E-state index contributed by atoms with van der Waals surface area (Å²) in [6, 6.07) is -1.26. The van der Waals surface area contributed by atoms with Crippen LogP contribution >= 0.6 is 0 Å². The van der Waals surface area contributed by atoms with Crippen molar-refractivity contribution in [2.45, 2.75) is 36.4 Å². The number of hydrogen-bond donors (Lipinski definition) is 1. The first-order chi connectivity index (χ1) is 6.71. The molecule has 16 heavy (non-hydrogen) atoms. The number of β-lactam (4-membered cyclic amide) rings is 1. The van der Waals surface area contributed by atoms with Gasteiger partial charge in [-0.3, -0.25) is 4.79 Å². The Morgan fingerprint density at radius 2 is 2.00 bits per heavy atom. The van der Waals surface area contributed by atoms with Gasteiger partial charge in [0.15, 0.2) is 9.84 Å². The van der Waals surface area contributed by atoms with Gasteiger partial charge in [-0.1, -0.05) is 0 Å². The van der Waals surface area contributed by atoms with Crippen molar-refractivity contribution < 1.29 is 23.1 Å². The molecule has 85 valence electrons. The molecular formula is C8H11NNaO5S. The number of aliphatic carboxylic acids is 1. The van der Waals surface area contributed by atoms with Crippen LogP contribution in [-0.4, -0.2) is 76.0 Å². The topological polar surface area (TPSA) is 91.8 Å². The summed E-state index contributed by atoms with van der Waals surface area (Å²) in [5.74, 6) is -1.67. The number of hydrogen-bond acceptors (Lipinski definition) is 4. The van der Waals surface area contributed by atoms with Gasteiger partial charge in [-0.05, 0) is 13.8 Å². The number of amides is 1. The molecule has 2 aliphatic rings. The van der Waals surface area contributed by atoms with Crippen molar-refractivity contribution in [3.05, 3.63) is 0 Å². The van der Waals surface area contributed by atoms with Gasteiger partial charge in [0.25, 0.3) is 0 Å². The molecule has 6 nitrogen and oxygen atoms in total. The summed E-state index contributed by atoms with van der Waals surface area (Å²) in [6.07, 6.45) is -0.0878. The molecule has 0 aromatic heterocycles. The Labute approximate surface area is 115 Å². The number of fused-ring (bicyclic) bond motifs is 1. The summed E-state index contributed by atoms with van der Waals surface area (Å²) in [6.45, 7) is 2.71. The third kappa shape index (κ3) is 1.38. The second-order valence-electron chi connectivity index (χ2n) is 4.35. The maximum atomic E-state index is 11.9. The van der Waals surface area contributed by atoms with E-state index in [1.54, 1.807) is 0 Å². The number of carbonyl (C=O) groups excluding carboxylic acids is 1. The number of sulfone groups is 1. The van der Waals surface area contributed by atoms with Crippen molar-refractivity contribution >= 4 is 51.3 Å². The van der Waals surface area contributed by atoms with Gasteiger partial charge in [-0.25, -0.2) is 13.2 Å². The summed E-state index contributed by atoms with van der Waals surface area (Å²) >= 11 is 0. The van der Waals surface area contributed by atoms with Crippen molar-refractivity contribution in [3.63, 3.8) is 0 Å². The van der Waals surface area contributed by atoms with Gasteiger partial charge >= 0.3 is 5.97 Å². The van der Waals surface area contributed by atoms with Crippen molar-refractivity contribution in [2.24, 2.45) is 0 Å². The zero-order valence-corrected chi connectivity index (χ0v) is 12.1. The van der Waals surface area contributed by atoms with Crippen LogP contribution in [0.1, 0.15) is 20.3 Å². The van der Waals surface area contributed by atoms with Crippen LogP contribution in [0.4, 0.5) is 0 Å². The van der Waals surface area contributed by atoms with E-state index in [2.05, 4.69) is 0 Å². The van der Waals surface area contributed by atoms with Gasteiger partial charge in [0, 0.05) is 29.6 Å². The fourth-order valence-electron chi connectivity index (χ4n) is 2.23. The fourth-order valence-corrected chi connectivity index (χ4v) is 4.36. The molecule has 0 bridgehead atoms. The normalized spacial score (nSPS) is 33.6. The van der Waals surface area contributed by atoms with Crippen LogP contribution in [0.2, 0.25) is 0 Å². The molecule has 1 amide bonds. The second kappa shape index (κ2) is 3.69. The molecule has 0 aromatic carbocycles. The molecule has 1 N–H and O–H groups in total. The smallest absolute Gasteiger partial charge is 0.328 e. The number of nitrogens with zero attached hydrogens (tertiary/aromatic N) is 1. The standard InChI is InChI=1S/C8H11NO5S.Na/c1-8(2)6(7(11)12)9-4(10)3-5(9)15(8,13)14;/h5-6H,3H2,1-2H3,(H,11,12);/t5-,6+;/m1./s1. The molecule has 2 fully saturated rings. The van der Waals surface area contributed by atoms with Crippen LogP contribution in [0.15, 0.2) is 0 Å². The van der Waals surface area contributed by atoms with Crippen LogP contribution in [0.3, 0.4) is 0 Å². The van der Waals surface area contributed by atoms with Crippen LogP contribution < -0.4 is 0 Å². The molecule has 0 unspecified atom stereocenters. The van der Waals surface area contributed by atoms with Crippen LogP contribution in [0.25, 0.3) is 0 Å². The first kappa shape index (κ1) is 14.0. The van der Waals surface area contributed by atoms with Crippen LogP contribution in [0.5, 0.6) is 0 Å². The Morgan fingerprint density at radius 1 is 1.50 bits per heavy atom. The van der Waals surface area contributed by atoms with Crippen LogP contribution in [0, 0.1) is 0 Å². The van der Waals surface area contributed by atoms with Crippen molar-refractivity contribution in [1.29, 1.82) is 0 Å². The minimum atomic E-state index is -3.57. The first-order valence-corrected chi connectivity index (χ1v) is 6.03. The average molecular weight is 256 g/mol. The zero-order chi connectivity index (χ0) is 11.6. The molecular weight excluding hydrogens is 245 g/mol. The number of rotatable bonds is 1. The predicted octanol–water partition coefficient (Wildman–Crippen LogP) is -1.18. The molecule has 8 heteroatoms. The van der Waals surface area contributed by atoms with Gasteiger partial charge < -0.3 is 10.0 Å². The Morgan fingerprint density at radius 3 is 2.31 bits per heavy atom. The van der Waals surface area contributed by atoms with Gasteiger partial charge in [0.05, 0.1) is 11.2 Å². The zero-order valence-electron chi connectivity index (χ0n) is 9.30. The molecule has 0 saturated carbocycles. The third-order valence-corrected chi connectivity index (χ3v) is 6.01. The van der Waals surface area contributed by atoms with E-state index >= 15 is 0 Å². The Bertz CT molecular complexity index is 457. The third-order valence-electron chi connectivity index (χ3n) is 3.21. The van der Waals surface area contributed by atoms with Crippen molar-refractivity contribution in [3.8, 4) is 0 Å². The van der Waals surface area contributed by atoms with E-state index in [9.17, 15) is 18.0 Å². The summed E-state index contributed by atoms with van der Waals surface area (Å²) in [7, 11) is -3.57. The molecule has 2 atom stereocenters. The maximum absolute atomic E-state index is 11.9. The minimum Gasteiger partial charge on any atom is -0.480 e. The molecule has 2 rings (SSSR count). The SMILES string of the molecule is CC1(C)[C@H](C(=O)O)N2C(=O)C[C@H]2S1(=O)=O.[Na]. The second-order valence-corrected chi connectivity index (χ2v) is 7.04. The molecule has 2 heterocycles. The van der Waals surface area contributed by atoms with Crippen molar-refractivity contribution in [1.82, 2.24) is 4.90 Å². The minimum absolute atomic E-state index is 0. The summed E-state index contributed by atoms with van der Waals surface area (Å²) in [5.41, 5.74) is 0. The summed E-state index contributed by atoms with van der Waals surface area (Å²) < 4.78 is 22.4. The summed E-state index contributed by atoms with van der Waals surface area (Å²) in [4.78, 5) is 23.2. The molecule has 0 aromatic rings. The predicted molar refractivity (Wildman–Crippen MR) is 55.4 cm³/mol. The molecule has 1 radical (unpaired) electrons. The molecule has 2 aliphatic heterocycles. The van der Waals surface area contributed by atoms with Crippen molar-refractivity contribution in [2.75, 3.05) is 0 Å². The fraction of sp³-hybridized carbons (Fsp3) is 0.750. The van der Waals surface area contributed by atoms with E-state index < -0.39 is 37.9 Å². The number of carboxylic acids is 1. The Kier molecular flexibility index (Phi) is 3.22. The van der Waals surface area contributed by atoms with E-state index in [1.807, 2.05) is 0 Å². The molecule has 2 saturated heterocycles. The average Bonchev–Trinajstić information content (AvgIpc) is 2.19. The molecule has 0 aliphatic carbocycles. The summed E-state index contributed by atoms with van der Waals surface area (Å²) in [5, 5.41) is 8.03. The van der Waals surface area contributed by atoms with Gasteiger partial charge in [0.2, 0.25) is 5.91 Å². The van der Waals surface area contributed by atoms with Gasteiger partial charge in [0.1, 0.15) is 11.4 Å². The Hall–Kier alpha value is -0.110. The van der Waals surface area contributed by atoms with E-state index in [-0.39, 0.29) is 36.0 Å². The quantitative estimate of drug-likeness (QED) is 0.471. The van der Waals surface area contributed by atoms with Crippen LogP contribution in [-0.2, 0) is 19.4 Å². The van der Waals surface area contributed by atoms with Gasteiger partial charge in [-0.15, -0.1) is 0 Å². The van der Waals surface area contributed by atoms with E-state index in [4.69, 9.17) is 5.11 Å². The Balaban J connectivity index is 0.00000128. The van der Waals surface area contributed by atoms with Gasteiger partial charge in [-0.2, -0.15) is 0 Å². The first-order valence-electron chi connectivity index (χ1n) is 4.48. The number of carbonyl (C=O) groups is 2. The monoisotopic (exact) mass is 256 g/mol. The maximum Gasteiger partial charge on any atom is 0.328 e. The molecule has 0 spiro atoms. The van der Waals surface area contributed by atoms with E-state index in [1.165, 1.54) is 13.8 Å². The largest absolute Gasteiger partial charge is 0.480 e.